The van der Waals surface area contributed by atoms with E-state index in [0.717, 1.165) is 0 Å². The van der Waals surface area contributed by atoms with Gasteiger partial charge in [0.25, 0.3) is 0 Å². The second kappa shape index (κ2) is 6.27. The van der Waals surface area contributed by atoms with Gasteiger partial charge in [0, 0.05) is 13.2 Å². The maximum atomic E-state index is 13.1. The Hall–Kier alpha value is -2.96. The third-order valence-corrected chi connectivity index (χ3v) is 3.51. The molecule has 7 heteroatoms. The molecule has 0 radical (unpaired) electrons. The second-order valence-corrected chi connectivity index (χ2v) is 5.19. The molecule has 0 aliphatic heterocycles. The fraction of sp³-hybridized carbons (Fsp3) is 0.235. The average molecular weight is 329 g/mol. The molecule has 0 aliphatic carbocycles. The molecule has 0 saturated heterocycles. The van der Waals surface area contributed by atoms with Crippen LogP contribution in [0.2, 0.25) is 0 Å². The van der Waals surface area contributed by atoms with Crippen LogP contribution in [0.5, 0.6) is 11.5 Å². The van der Waals surface area contributed by atoms with E-state index < -0.39 is 5.97 Å². The van der Waals surface area contributed by atoms with Gasteiger partial charge in [0.2, 0.25) is 0 Å². The number of fused-ring (bicyclic) bond motifs is 1. The van der Waals surface area contributed by atoms with E-state index in [1.807, 2.05) is 0 Å². The smallest absolute Gasteiger partial charge is 0.343 e. The van der Waals surface area contributed by atoms with E-state index in [9.17, 15) is 9.18 Å². The van der Waals surface area contributed by atoms with E-state index >= 15 is 0 Å². The van der Waals surface area contributed by atoms with Crippen LogP contribution in [0.1, 0.15) is 23.0 Å². The van der Waals surface area contributed by atoms with Crippen molar-refractivity contribution in [3.8, 4) is 11.5 Å². The van der Waals surface area contributed by atoms with Crippen LogP contribution >= 0.6 is 0 Å². The van der Waals surface area contributed by atoms with Crippen LogP contribution < -0.4 is 4.74 Å². The van der Waals surface area contributed by atoms with Gasteiger partial charge in [-0.3, -0.25) is 4.68 Å². The SMILES string of the molecule is CCOC(=O)c1cnc2c(c(C)nn2C)c1Oc1ccc(F)cc1. The summed E-state index contributed by atoms with van der Waals surface area (Å²) in [4.78, 5) is 16.5. The van der Waals surface area contributed by atoms with E-state index in [1.54, 1.807) is 25.6 Å². The lowest BCUT2D eigenvalue weighted by Crippen LogP contribution is -2.08. The van der Waals surface area contributed by atoms with Crippen molar-refractivity contribution in [2.45, 2.75) is 13.8 Å². The third-order valence-electron chi connectivity index (χ3n) is 3.51. The molecule has 0 fully saturated rings. The molecule has 3 rings (SSSR count). The normalized spacial score (nSPS) is 10.8. The summed E-state index contributed by atoms with van der Waals surface area (Å²) in [6.07, 6.45) is 1.40. The number of carbonyl (C=O) groups excluding carboxylic acids is 1. The van der Waals surface area contributed by atoms with Gasteiger partial charge in [0.15, 0.2) is 11.4 Å². The number of hydrogen-bond acceptors (Lipinski definition) is 5. The Labute approximate surface area is 137 Å². The number of esters is 1. The van der Waals surface area contributed by atoms with Crippen LogP contribution in [-0.4, -0.2) is 27.3 Å². The van der Waals surface area contributed by atoms with Crippen LogP contribution in [0.3, 0.4) is 0 Å². The van der Waals surface area contributed by atoms with E-state index in [4.69, 9.17) is 9.47 Å². The quantitative estimate of drug-likeness (QED) is 0.687. The van der Waals surface area contributed by atoms with Crippen LogP contribution in [0.4, 0.5) is 4.39 Å². The molecular weight excluding hydrogens is 313 g/mol. The molecule has 3 aromatic rings. The highest BCUT2D eigenvalue weighted by molar-refractivity contribution is 6.00. The Morgan fingerprint density at radius 3 is 2.67 bits per heavy atom. The Morgan fingerprint density at radius 2 is 2.00 bits per heavy atom. The number of benzene rings is 1. The monoisotopic (exact) mass is 329 g/mol. The summed E-state index contributed by atoms with van der Waals surface area (Å²) in [5.74, 6) is -0.203. The molecule has 0 unspecified atom stereocenters. The summed E-state index contributed by atoms with van der Waals surface area (Å²) in [5, 5.41) is 4.93. The zero-order valence-electron chi connectivity index (χ0n) is 13.5. The molecule has 0 N–H and O–H groups in total. The minimum atomic E-state index is -0.535. The van der Waals surface area contributed by atoms with Crippen molar-refractivity contribution < 1.29 is 18.7 Å². The highest BCUT2D eigenvalue weighted by atomic mass is 19.1. The van der Waals surface area contributed by atoms with Crippen molar-refractivity contribution in [1.29, 1.82) is 0 Å². The van der Waals surface area contributed by atoms with Crippen molar-refractivity contribution in [3.05, 3.63) is 47.5 Å². The fourth-order valence-corrected chi connectivity index (χ4v) is 2.46. The maximum absolute atomic E-state index is 13.1. The second-order valence-electron chi connectivity index (χ2n) is 5.19. The number of aromatic nitrogens is 3. The van der Waals surface area contributed by atoms with Gasteiger partial charge < -0.3 is 9.47 Å². The summed E-state index contributed by atoms with van der Waals surface area (Å²) in [5.41, 5.74) is 1.45. The molecule has 2 aromatic heterocycles. The van der Waals surface area contributed by atoms with Gasteiger partial charge in [0.1, 0.15) is 17.1 Å². The summed E-state index contributed by atoms with van der Waals surface area (Å²) in [6.45, 7) is 3.76. The fourth-order valence-electron chi connectivity index (χ4n) is 2.46. The minimum Gasteiger partial charge on any atom is -0.462 e. The van der Waals surface area contributed by atoms with Crippen molar-refractivity contribution in [3.63, 3.8) is 0 Å². The van der Waals surface area contributed by atoms with Crippen LogP contribution in [0.15, 0.2) is 30.5 Å². The van der Waals surface area contributed by atoms with E-state index in [2.05, 4.69) is 10.1 Å². The molecule has 6 nitrogen and oxygen atoms in total. The molecule has 24 heavy (non-hydrogen) atoms. The maximum Gasteiger partial charge on any atom is 0.343 e. The Morgan fingerprint density at radius 1 is 1.29 bits per heavy atom. The van der Waals surface area contributed by atoms with E-state index in [1.165, 1.54) is 30.5 Å². The molecule has 0 spiro atoms. The molecular formula is C17H16FN3O3. The number of ether oxygens (including phenoxy) is 2. The van der Waals surface area contributed by atoms with Gasteiger partial charge in [-0.1, -0.05) is 0 Å². The van der Waals surface area contributed by atoms with Crippen molar-refractivity contribution in [2.75, 3.05) is 6.61 Å². The van der Waals surface area contributed by atoms with Crippen molar-refractivity contribution >= 4 is 17.0 Å². The van der Waals surface area contributed by atoms with Crippen LogP contribution in [-0.2, 0) is 11.8 Å². The Balaban J connectivity index is 2.18. The highest BCUT2D eigenvalue weighted by Crippen LogP contribution is 2.34. The summed E-state index contributed by atoms with van der Waals surface area (Å²) < 4.78 is 25.7. The zero-order chi connectivity index (χ0) is 17.3. The molecule has 0 bridgehead atoms. The number of nitrogens with zero attached hydrogens (tertiary/aromatic N) is 3. The molecule has 0 atom stereocenters. The molecule has 2 heterocycles. The van der Waals surface area contributed by atoms with Gasteiger partial charge in [-0.05, 0) is 38.1 Å². The van der Waals surface area contributed by atoms with Gasteiger partial charge in [0.05, 0.1) is 17.7 Å². The zero-order valence-corrected chi connectivity index (χ0v) is 13.5. The number of carbonyl (C=O) groups is 1. The average Bonchev–Trinajstić information content (AvgIpc) is 2.85. The first kappa shape index (κ1) is 15.9. The predicted molar refractivity (Wildman–Crippen MR) is 85.7 cm³/mol. The third kappa shape index (κ3) is 2.80. The van der Waals surface area contributed by atoms with Gasteiger partial charge >= 0.3 is 5.97 Å². The Bertz CT molecular complexity index is 904. The number of pyridine rings is 1. The van der Waals surface area contributed by atoms with E-state index in [-0.39, 0.29) is 18.0 Å². The number of aryl methyl sites for hydroxylation is 2. The van der Waals surface area contributed by atoms with Crippen molar-refractivity contribution in [1.82, 2.24) is 14.8 Å². The largest absolute Gasteiger partial charge is 0.462 e. The van der Waals surface area contributed by atoms with Gasteiger partial charge in [-0.25, -0.2) is 14.2 Å². The molecule has 1 aromatic carbocycles. The first-order valence-electron chi connectivity index (χ1n) is 7.44. The topological polar surface area (TPSA) is 66.2 Å². The first-order valence-corrected chi connectivity index (χ1v) is 7.44. The highest BCUT2D eigenvalue weighted by Gasteiger charge is 2.22. The molecule has 0 amide bonds. The van der Waals surface area contributed by atoms with Gasteiger partial charge in [-0.2, -0.15) is 5.10 Å². The van der Waals surface area contributed by atoms with E-state index in [0.29, 0.717) is 28.2 Å². The predicted octanol–water partition coefficient (Wildman–Crippen LogP) is 3.38. The standard InChI is InChI=1S/C17H16FN3O3/c1-4-23-17(22)13-9-19-16-14(10(2)20-21(16)3)15(13)24-12-7-5-11(18)6-8-12/h5-9H,4H2,1-3H3. The lowest BCUT2D eigenvalue weighted by Gasteiger charge is -2.12. The molecule has 0 saturated carbocycles. The minimum absolute atomic E-state index is 0.199. The summed E-state index contributed by atoms with van der Waals surface area (Å²) >= 11 is 0. The van der Waals surface area contributed by atoms with Crippen LogP contribution in [0.25, 0.3) is 11.0 Å². The Kier molecular flexibility index (Phi) is 4.16. The lowest BCUT2D eigenvalue weighted by atomic mass is 10.1. The first-order chi connectivity index (χ1) is 11.5. The van der Waals surface area contributed by atoms with Crippen LogP contribution in [0, 0.1) is 12.7 Å². The molecule has 124 valence electrons. The number of halogens is 1. The summed E-state index contributed by atoms with van der Waals surface area (Å²) in [6, 6.07) is 5.55. The number of rotatable bonds is 4. The summed E-state index contributed by atoms with van der Waals surface area (Å²) in [7, 11) is 1.76. The lowest BCUT2D eigenvalue weighted by molar-refractivity contribution is 0.0523. The van der Waals surface area contributed by atoms with Crippen molar-refractivity contribution in [2.24, 2.45) is 7.05 Å². The molecule has 0 aliphatic rings. The van der Waals surface area contributed by atoms with Gasteiger partial charge in [-0.15, -0.1) is 0 Å². The number of hydrogen-bond donors (Lipinski definition) is 0.